The number of aromatic amines is 1. The highest BCUT2D eigenvalue weighted by Gasteiger charge is 2.07. The molecule has 0 amide bonds. The first-order valence-corrected chi connectivity index (χ1v) is 4.73. The van der Waals surface area contributed by atoms with Crippen molar-refractivity contribution in [3.63, 3.8) is 0 Å². The maximum Gasteiger partial charge on any atom is 0.279 e. The zero-order valence-corrected chi connectivity index (χ0v) is 8.60. The molecule has 0 bridgehead atoms. The van der Waals surface area contributed by atoms with Gasteiger partial charge in [-0.2, -0.15) is 4.98 Å². The van der Waals surface area contributed by atoms with Crippen molar-refractivity contribution < 1.29 is 9.84 Å². The molecule has 0 atom stereocenters. The van der Waals surface area contributed by atoms with Crippen molar-refractivity contribution in [3.8, 4) is 5.88 Å². The van der Waals surface area contributed by atoms with E-state index in [4.69, 9.17) is 9.84 Å². The third kappa shape index (κ3) is 1.98. The molecule has 0 saturated carbocycles. The summed E-state index contributed by atoms with van der Waals surface area (Å²) in [6.45, 7) is 2.55. The number of aromatic nitrogens is 4. The summed E-state index contributed by atoms with van der Waals surface area (Å²) in [5.41, 5.74) is -0.191. The lowest BCUT2D eigenvalue weighted by Gasteiger charge is -2.01. The fraction of sp³-hybridized carbons (Fsp3) is 0.333. The minimum absolute atomic E-state index is 0.0954. The molecule has 2 aromatic heterocycles. The number of H-pyrrole nitrogens is 1. The van der Waals surface area contributed by atoms with Crippen LogP contribution in [0, 0.1) is 0 Å². The van der Waals surface area contributed by atoms with Gasteiger partial charge in [-0.1, -0.05) is 0 Å². The lowest BCUT2D eigenvalue weighted by atomic mass is 10.5. The van der Waals surface area contributed by atoms with Crippen LogP contribution >= 0.6 is 0 Å². The van der Waals surface area contributed by atoms with Crippen LogP contribution in [0.3, 0.4) is 0 Å². The Bertz CT molecular complexity index is 566. The van der Waals surface area contributed by atoms with Gasteiger partial charge in [0, 0.05) is 6.61 Å². The molecule has 0 unspecified atom stereocenters. The molecule has 0 radical (unpaired) electrons. The Hall–Kier alpha value is -2.02. The van der Waals surface area contributed by atoms with E-state index in [1.807, 2.05) is 6.92 Å². The number of fused-ring (bicyclic) bond motifs is 1. The summed E-state index contributed by atoms with van der Waals surface area (Å²) in [4.78, 5) is 25.5. The summed E-state index contributed by atoms with van der Waals surface area (Å²) in [5.74, 6) is 0.0900. The molecular weight excluding hydrogens is 212 g/mol. The highest BCUT2D eigenvalue weighted by molar-refractivity contribution is 5.68. The van der Waals surface area contributed by atoms with Gasteiger partial charge in [0.15, 0.2) is 11.2 Å². The number of ether oxygens (including phenoxy) is 1. The monoisotopic (exact) mass is 222 g/mol. The van der Waals surface area contributed by atoms with E-state index < -0.39 is 5.56 Å². The van der Waals surface area contributed by atoms with E-state index >= 15 is 0 Å². The van der Waals surface area contributed by atoms with Crippen molar-refractivity contribution >= 4 is 11.2 Å². The molecular formula is C9H10N4O3. The topological polar surface area (TPSA) is 101 Å². The Balaban J connectivity index is 2.52. The first-order chi connectivity index (χ1) is 7.70. The molecule has 0 aliphatic rings. The highest BCUT2D eigenvalue weighted by atomic mass is 16.5. The molecule has 2 rings (SSSR count). The predicted molar refractivity (Wildman–Crippen MR) is 54.9 cm³/mol. The summed E-state index contributed by atoms with van der Waals surface area (Å²) < 4.78 is 5.11. The number of hydrogen-bond acceptors (Lipinski definition) is 6. The fourth-order valence-electron chi connectivity index (χ4n) is 1.22. The lowest BCUT2D eigenvalue weighted by molar-refractivity contribution is 0.128. The molecule has 0 saturated heterocycles. The van der Waals surface area contributed by atoms with Crippen LogP contribution in [0.2, 0.25) is 0 Å². The van der Waals surface area contributed by atoms with Crippen molar-refractivity contribution in [2.75, 3.05) is 6.61 Å². The number of aromatic hydroxyl groups is 1. The van der Waals surface area contributed by atoms with Crippen molar-refractivity contribution in [3.05, 3.63) is 22.4 Å². The van der Waals surface area contributed by atoms with Crippen molar-refractivity contribution in [1.29, 1.82) is 0 Å². The van der Waals surface area contributed by atoms with Crippen molar-refractivity contribution in [1.82, 2.24) is 19.9 Å². The third-order valence-corrected chi connectivity index (χ3v) is 1.90. The summed E-state index contributed by atoms with van der Waals surface area (Å²) in [5, 5.41) is 9.13. The van der Waals surface area contributed by atoms with Gasteiger partial charge in [0.25, 0.3) is 5.56 Å². The van der Waals surface area contributed by atoms with Crippen molar-refractivity contribution in [2.24, 2.45) is 0 Å². The Kier molecular flexibility index (Phi) is 2.78. The van der Waals surface area contributed by atoms with Gasteiger partial charge in [0.2, 0.25) is 5.88 Å². The molecule has 0 aliphatic carbocycles. The first-order valence-electron chi connectivity index (χ1n) is 4.73. The van der Waals surface area contributed by atoms with E-state index in [2.05, 4.69) is 19.9 Å². The first kappa shape index (κ1) is 10.5. The molecule has 2 N–H and O–H groups in total. The standard InChI is InChI=1S/C9H10N4O3/c1-2-16-4-5-11-8-7(9(15)12-5)10-3-6(14)13-8/h3H,2,4H2,1H3,(H2,11,12,13,14,15). The second-order valence-electron chi connectivity index (χ2n) is 3.05. The van der Waals surface area contributed by atoms with Crippen LogP contribution in [0.4, 0.5) is 0 Å². The molecule has 0 aliphatic heterocycles. The minimum Gasteiger partial charge on any atom is -0.492 e. The van der Waals surface area contributed by atoms with E-state index in [1.54, 1.807) is 0 Å². The van der Waals surface area contributed by atoms with Crippen LogP contribution in [-0.2, 0) is 11.3 Å². The quantitative estimate of drug-likeness (QED) is 0.755. The van der Waals surface area contributed by atoms with Gasteiger partial charge in [0.05, 0.1) is 6.20 Å². The average Bonchev–Trinajstić information content (AvgIpc) is 2.25. The molecule has 2 heterocycles. The van der Waals surface area contributed by atoms with E-state index in [9.17, 15) is 4.79 Å². The van der Waals surface area contributed by atoms with E-state index in [0.29, 0.717) is 12.4 Å². The molecule has 16 heavy (non-hydrogen) atoms. The summed E-state index contributed by atoms with van der Waals surface area (Å²) >= 11 is 0. The number of hydrogen-bond donors (Lipinski definition) is 2. The smallest absolute Gasteiger partial charge is 0.279 e. The minimum atomic E-state index is -0.396. The van der Waals surface area contributed by atoms with Crippen LogP contribution in [-0.4, -0.2) is 31.6 Å². The van der Waals surface area contributed by atoms with E-state index in [0.717, 1.165) is 6.20 Å². The van der Waals surface area contributed by atoms with Gasteiger partial charge < -0.3 is 14.8 Å². The van der Waals surface area contributed by atoms with Crippen LogP contribution in [0.1, 0.15) is 12.7 Å². The molecule has 84 valence electrons. The number of rotatable bonds is 3. The van der Waals surface area contributed by atoms with E-state index in [1.165, 1.54) is 0 Å². The molecule has 2 aromatic rings. The van der Waals surface area contributed by atoms with Crippen LogP contribution < -0.4 is 5.56 Å². The van der Waals surface area contributed by atoms with Gasteiger partial charge in [-0.15, -0.1) is 0 Å². The number of nitrogens with zero attached hydrogens (tertiary/aromatic N) is 3. The van der Waals surface area contributed by atoms with Crippen LogP contribution in [0.25, 0.3) is 11.2 Å². The largest absolute Gasteiger partial charge is 0.492 e. The van der Waals surface area contributed by atoms with Crippen LogP contribution in [0.15, 0.2) is 11.0 Å². The van der Waals surface area contributed by atoms with Gasteiger partial charge >= 0.3 is 0 Å². The maximum absolute atomic E-state index is 11.5. The average molecular weight is 222 g/mol. The van der Waals surface area contributed by atoms with Crippen LogP contribution in [0.5, 0.6) is 5.88 Å². The second-order valence-corrected chi connectivity index (χ2v) is 3.05. The van der Waals surface area contributed by atoms with Gasteiger partial charge in [-0.3, -0.25) is 4.79 Å². The summed E-state index contributed by atoms with van der Waals surface area (Å²) in [6, 6.07) is 0. The Morgan fingerprint density at radius 2 is 2.31 bits per heavy atom. The van der Waals surface area contributed by atoms with Gasteiger partial charge in [-0.05, 0) is 6.92 Å². The van der Waals surface area contributed by atoms with Gasteiger partial charge in [-0.25, -0.2) is 9.97 Å². The Labute approximate surface area is 90.2 Å². The number of nitrogens with one attached hydrogen (secondary N) is 1. The fourth-order valence-corrected chi connectivity index (χ4v) is 1.22. The highest BCUT2D eigenvalue weighted by Crippen LogP contribution is 2.06. The molecule has 7 heteroatoms. The normalized spacial score (nSPS) is 10.8. The van der Waals surface area contributed by atoms with Crippen molar-refractivity contribution in [2.45, 2.75) is 13.5 Å². The summed E-state index contributed by atoms with van der Waals surface area (Å²) in [7, 11) is 0. The third-order valence-electron chi connectivity index (χ3n) is 1.90. The second kappa shape index (κ2) is 4.23. The lowest BCUT2D eigenvalue weighted by Crippen LogP contribution is -2.14. The summed E-state index contributed by atoms with van der Waals surface area (Å²) in [6.07, 6.45) is 1.10. The Morgan fingerprint density at radius 1 is 1.50 bits per heavy atom. The molecule has 0 fully saturated rings. The van der Waals surface area contributed by atoms with Gasteiger partial charge in [0.1, 0.15) is 12.4 Å². The molecule has 0 spiro atoms. The maximum atomic E-state index is 11.5. The molecule has 0 aromatic carbocycles. The SMILES string of the molecule is CCOCc1nc2nc(O)cnc2c(=O)[nH]1. The zero-order valence-electron chi connectivity index (χ0n) is 8.60. The Morgan fingerprint density at radius 3 is 3.06 bits per heavy atom. The zero-order chi connectivity index (χ0) is 11.5. The molecule has 7 nitrogen and oxygen atoms in total. The predicted octanol–water partition coefficient (Wildman–Crippen LogP) is -0.0448. The van der Waals surface area contributed by atoms with E-state index in [-0.39, 0.29) is 23.7 Å².